The zero-order valence-corrected chi connectivity index (χ0v) is 11.2. The fraction of sp³-hybridized carbons (Fsp3) is 0.267. The summed E-state index contributed by atoms with van der Waals surface area (Å²) in [7, 11) is 0. The summed E-state index contributed by atoms with van der Waals surface area (Å²) in [5.74, 6) is 0. The minimum atomic E-state index is 0.392. The Bertz CT molecular complexity index is 678. The van der Waals surface area contributed by atoms with Crippen LogP contribution in [0.1, 0.15) is 25.5 Å². The number of nitrogens with one attached hydrogen (secondary N) is 2. The first-order chi connectivity index (χ1) is 9.24. The van der Waals surface area contributed by atoms with E-state index < -0.39 is 0 Å². The average molecular weight is 254 g/mol. The minimum Gasteiger partial charge on any atom is -0.378 e. The number of H-pyrrole nitrogens is 1. The van der Waals surface area contributed by atoms with Crippen LogP contribution in [0.2, 0.25) is 0 Å². The Hall–Kier alpha value is -2.23. The summed E-state index contributed by atoms with van der Waals surface area (Å²) in [6.45, 7) is 5.04. The predicted octanol–water partition coefficient (Wildman–Crippen LogP) is 3.56. The van der Waals surface area contributed by atoms with Gasteiger partial charge in [-0.05, 0) is 25.5 Å². The van der Waals surface area contributed by atoms with Gasteiger partial charge in [-0.15, -0.1) is 0 Å². The zero-order chi connectivity index (χ0) is 13.2. The van der Waals surface area contributed by atoms with E-state index >= 15 is 0 Å². The Morgan fingerprint density at radius 3 is 2.95 bits per heavy atom. The van der Waals surface area contributed by atoms with Crippen molar-refractivity contribution in [1.82, 2.24) is 14.8 Å². The molecule has 0 radical (unpaired) electrons. The monoisotopic (exact) mass is 254 g/mol. The van der Waals surface area contributed by atoms with Gasteiger partial charge in [-0.3, -0.25) is 4.68 Å². The Morgan fingerprint density at radius 2 is 2.16 bits per heavy atom. The molecule has 4 nitrogen and oxygen atoms in total. The van der Waals surface area contributed by atoms with Crippen molar-refractivity contribution >= 4 is 16.6 Å². The summed E-state index contributed by atoms with van der Waals surface area (Å²) in [4.78, 5) is 3.29. The van der Waals surface area contributed by atoms with E-state index in [1.165, 1.54) is 16.5 Å². The number of aromatic nitrogens is 3. The third-order valence-corrected chi connectivity index (χ3v) is 3.29. The lowest BCUT2D eigenvalue weighted by molar-refractivity contribution is 0.532. The standard InChI is InChI=1S/C15H18N4/c1-11(2)19-10-13(9-18-19)16-7-12-8-17-15-6-4-3-5-14(12)15/h3-6,8-11,16-17H,7H2,1-2H3. The molecule has 0 amide bonds. The van der Waals surface area contributed by atoms with Crippen LogP contribution in [0.5, 0.6) is 0 Å². The van der Waals surface area contributed by atoms with Gasteiger partial charge in [-0.25, -0.2) is 0 Å². The van der Waals surface area contributed by atoms with Crippen molar-refractivity contribution in [2.45, 2.75) is 26.4 Å². The van der Waals surface area contributed by atoms with Crippen LogP contribution in [0.15, 0.2) is 42.9 Å². The first kappa shape index (κ1) is 11.8. The molecule has 2 aromatic heterocycles. The molecule has 3 aromatic rings. The van der Waals surface area contributed by atoms with Crippen LogP contribution in [-0.2, 0) is 6.54 Å². The van der Waals surface area contributed by atoms with Gasteiger partial charge in [-0.1, -0.05) is 18.2 Å². The van der Waals surface area contributed by atoms with E-state index in [0.717, 1.165) is 12.2 Å². The molecular formula is C15H18N4. The number of nitrogens with zero attached hydrogens (tertiary/aromatic N) is 2. The molecule has 0 spiro atoms. The van der Waals surface area contributed by atoms with Gasteiger partial charge in [0.2, 0.25) is 0 Å². The number of anilines is 1. The van der Waals surface area contributed by atoms with Gasteiger partial charge >= 0.3 is 0 Å². The maximum Gasteiger partial charge on any atom is 0.0729 e. The molecule has 2 N–H and O–H groups in total. The van der Waals surface area contributed by atoms with Crippen LogP contribution in [0.25, 0.3) is 10.9 Å². The molecule has 0 aliphatic carbocycles. The summed E-state index contributed by atoms with van der Waals surface area (Å²) in [6.07, 6.45) is 5.97. The van der Waals surface area contributed by atoms with Crippen LogP contribution >= 0.6 is 0 Å². The summed E-state index contributed by atoms with van der Waals surface area (Å²) < 4.78 is 1.96. The SMILES string of the molecule is CC(C)n1cc(NCc2c[nH]c3ccccc23)cn1. The number of hydrogen-bond donors (Lipinski definition) is 2. The second-order valence-electron chi connectivity index (χ2n) is 5.02. The van der Waals surface area contributed by atoms with E-state index in [0.29, 0.717) is 6.04 Å². The molecule has 98 valence electrons. The van der Waals surface area contributed by atoms with E-state index in [4.69, 9.17) is 0 Å². The first-order valence-corrected chi connectivity index (χ1v) is 6.57. The van der Waals surface area contributed by atoms with Gasteiger partial charge in [0.15, 0.2) is 0 Å². The van der Waals surface area contributed by atoms with E-state index in [-0.39, 0.29) is 0 Å². The molecule has 0 saturated carbocycles. The Kier molecular flexibility index (Phi) is 2.99. The summed E-state index contributed by atoms with van der Waals surface area (Å²) in [6, 6.07) is 8.73. The van der Waals surface area contributed by atoms with Crippen molar-refractivity contribution < 1.29 is 0 Å². The Labute approximate surface area is 112 Å². The van der Waals surface area contributed by atoms with Crippen molar-refractivity contribution in [3.63, 3.8) is 0 Å². The minimum absolute atomic E-state index is 0.392. The lowest BCUT2D eigenvalue weighted by atomic mass is 10.2. The van der Waals surface area contributed by atoms with Crippen molar-refractivity contribution in [2.24, 2.45) is 0 Å². The summed E-state index contributed by atoms with van der Waals surface area (Å²) in [5.41, 5.74) is 3.50. The lowest BCUT2D eigenvalue weighted by Crippen LogP contribution is -2.00. The van der Waals surface area contributed by atoms with Crippen LogP contribution in [0, 0.1) is 0 Å². The van der Waals surface area contributed by atoms with Gasteiger partial charge in [-0.2, -0.15) is 5.10 Å². The highest BCUT2D eigenvalue weighted by Gasteiger charge is 2.04. The summed E-state index contributed by atoms with van der Waals surface area (Å²) >= 11 is 0. The van der Waals surface area contributed by atoms with E-state index in [9.17, 15) is 0 Å². The fourth-order valence-corrected chi connectivity index (χ4v) is 2.19. The van der Waals surface area contributed by atoms with Crippen LogP contribution < -0.4 is 5.32 Å². The third kappa shape index (κ3) is 2.34. The number of fused-ring (bicyclic) bond motifs is 1. The van der Waals surface area contributed by atoms with Crippen LogP contribution in [0.3, 0.4) is 0 Å². The molecular weight excluding hydrogens is 236 g/mol. The largest absolute Gasteiger partial charge is 0.378 e. The van der Waals surface area contributed by atoms with E-state index in [1.54, 1.807) is 0 Å². The highest BCUT2D eigenvalue weighted by Crippen LogP contribution is 2.19. The average Bonchev–Trinajstić information content (AvgIpc) is 3.03. The van der Waals surface area contributed by atoms with Crippen molar-refractivity contribution in [3.05, 3.63) is 48.4 Å². The summed E-state index contributed by atoms with van der Waals surface area (Å²) in [5, 5.41) is 9.01. The second kappa shape index (κ2) is 4.80. The third-order valence-electron chi connectivity index (χ3n) is 3.29. The van der Waals surface area contributed by atoms with Gasteiger partial charge in [0.05, 0.1) is 11.9 Å². The van der Waals surface area contributed by atoms with Crippen molar-refractivity contribution in [1.29, 1.82) is 0 Å². The predicted molar refractivity (Wildman–Crippen MR) is 78.2 cm³/mol. The number of aromatic amines is 1. The van der Waals surface area contributed by atoms with Crippen LogP contribution in [0.4, 0.5) is 5.69 Å². The molecule has 0 unspecified atom stereocenters. The fourth-order valence-electron chi connectivity index (χ4n) is 2.19. The van der Waals surface area contributed by atoms with E-state index in [1.807, 2.05) is 23.1 Å². The molecule has 0 atom stereocenters. The normalized spacial score (nSPS) is 11.3. The Balaban J connectivity index is 1.75. The molecule has 4 heteroatoms. The molecule has 3 rings (SSSR count). The molecule has 0 aliphatic heterocycles. The maximum atomic E-state index is 4.32. The van der Waals surface area contributed by atoms with Crippen molar-refractivity contribution in [2.75, 3.05) is 5.32 Å². The molecule has 2 heterocycles. The number of para-hydroxylation sites is 1. The van der Waals surface area contributed by atoms with Gasteiger partial charge in [0.1, 0.15) is 0 Å². The molecule has 19 heavy (non-hydrogen) atoms. The van der Waals surface area contributed by atoms with Crippen molar-refractivity contribution in [3.8, 4) is 0 Å². The number of rotatable bonds is 4. The maximum absolute atomic E-state index is 4.32. The zero-order valence-electron chi connectivity index (χ0n) is 11.2. The first-order valence-electron chi connectivity index (χ1n) is 6.57. The van der Waals surface area contributed by atoms with Crippen LogP contribution in [-0.4, -0.2) is 14.8 Å². The Morgan fingerprint density at radius 1 is 1.32 bits per heavy atom. The quantitative estimate of drug-likeness (QED) is 0.747. The number of benzene rings is 1. The van der Waals surface area contributed by atoms with E-state index in [2.05, 4.69) is 53.6 Å². The molecule has 1 aromatic carbocycles. The van der Waals surface area contributed by atoms with Gasteiger partial charge in [0, 0.05) is 35.9 Å². The molecule has 0 aliphatic rings. The topological polar surface area (TPSA) is 45.6 Å². The smallest absolute Gasteiger partial charge is 0.0729 e. The lowest BCUT2D eigenvalue weighted by Gasteiger charge is -2.04. The molecule has 0 bridgehead atoms. The highest BCUT2D eigenvalue weighted by atomic mass is 15.3. The molecule has 0 saturated heterocycles. The molecule has 0 fully saturated rings. The van der Waals surface area contributed by atoms with Gasteiger partial charge in [0.25, 0.3) is 0 Å². The highest BCUT2D eigenvalue weighted by molar-refractivity contribution is 5.83. The number of hydrogen-bond acceptors (Lipinski definition) is 2. The second-order valence-corrected chi connectivity index (χ2v) is 5.02. The van der Waals surface area contributed by atoms with Gasteiger partial charge < -0.3 is 10.3 Å².